The van der Waals surface area contributed by atoms with Crippen LogP contribution in [0.25, 0.3) is 0 Å². The van der Waals surface area contributed by atoms with E-state index < -0.39 is 17.8 Å². The Morgan fingerprint density at radius 1 is 1.21 bits per heavy atom. The molecule has 4 heteroatoms. The number of rotatable bonds is 6. The zero-order chi connectivity index (χ0) is 21.2. The van der Waals surface area contributed by atoms with Crippen molar-refractivity contribution in [2.45, 2.75) is 89.9 Å². The van der Waals surface area contributed by atoms with Crippen LogP contribution in [0.3, 0.4) is 0 Å². The zero-order valence-corrected chi connectivity index (χ0v) is 18.5. The minimum Gasteiger partial charge on any atom is -0.393 e. The molecule has 3 N–H and O–H groups in total. The predicted molar refractivity (Wildman–Crippen MR) is 116 cm³/mol. The van der Waals surface area contributed by atoms with E-state index >= 15 is 0 Å². The first-order valence-corrected chi connectivity index (χ1v) is 11.3. The maximum atomic E-state index is 9.94. The summed E-state index contributed by atoms with van der Waals surface area (Å²) < 4.78 is 5.75. The molecule has 3 fully saturated rings. The molecule has 3 aliphatic rings. The molecular weight excluding hydrogens is 364 g/mol. The minimum absolute atomic E-state index is 0.226. The Morgan fingerprint density at radius 2 is 1.90 bits per heavy atom. The fraction of sp³-hybridized carbons (Fsp3) is 0.760. The van der Waals surface area contributed by atoms with Gasteiger partial charge >= 0.3 is 0 Å². The second kappa shape index (κ2) is 9.05. The summed E-state index contributed by atoms with van der Waals surface area (Å²) in [6, 6.07) is 0. The van der Waals surface area contributed by atoms with Gasteiger partial charge in [-0.15, -0.1) is 0 Å². The molecule has 3 aliphatic carbocycles. The molecule has 0 bridgehead atoms. The maximum absolute atomic E-state index is 9.94. The van der Waals surface area contributed by atoms with Crippen molar-refractivity contribution < 1.29 is 20.1 Å². The first-order chi connectivity index (χ1) is 13.6. The lowest BCUT2D eigenvalue weighted by atomic mass is 9.62. The average Bonchev–Trinajstić information content (AvgIpc) is 2.95. The van der Waals surface area contributed by atoms with Gasteiger partial charge < -0.3 is 20.1 Å². The van der Waals surface area contributed by atoms with E-state index in [4.69, 9.17) is 4.74 Å². The highest BCUT2D eigenvalue weighted by molar-refractivity contribution is 5.28. The second-order valence-electron chi connectivity index (χ2n) is 10.5. The van der Waals surface area contributed by atoms with Crippen molar-refractivity contribution in [2.75, 3.05) is 13.2 Å². The van der Waals surface area contributed by atoms with Gasteiger partial charge in [0.2, 0.25) is 0 Å². The highest BCUT2D eigenvalue weighted by Gasteiger charge is 2.49. The Balaban J connectivity index is 1.67. The predicted octanol–water partition coefficient (Wildman–Crippen LogP) is 4.31. The Bertz CT molecular complexity index is 644. The van der Waals surface area contributed by atoms with Crippen molar-refractivity contribution in [3.63, 3.8) is 0 Å². The van der Waals surface area contributed by atoms with Crippen molar-refractivity contribution in [2.24, 2.45) is 17.3 Å². The number of aliphatic hydroxyl groups is 3. The quantitative estimate of drug-likeness (QED) is 0.577. The van der Waals surface area contributed by atoms with Crippen molar-refractivity contribution in [1.82, 2.24) is 0 Å². The van der Waals surface area contributed by atoms with E-state index in [1.807, 2.05) is 0 Å². The van der Waals surface area contributed by atoms with E-state index in [1.165, 1.54) is 24.8 Å². The fourth-order valence-electron chi connectivity index (χ4n) is 5.97. The second-order valence-corrected chi connectivity index (χ2v) is 10.5. The van der Waals surface area contributed by atoms with E-state index in [2.05, 4.69) is 25.7 Å². The SMILES string of the molecule is C=C(COCC(C)(C)O)[C@H]1CC[C@H]2C(=CC=C3C[C@@H](O)C[C@H](O)C3)CCC[C@]12C. The van der Waals surface area contributed by atoms with Crippen LogP contribution < -0.4 is 0 Å². The molecule has 0 unspecified atom stereocenters. The number of fused-ring (bicyclic) bond motifs is 1. The summed E-state index contributed by atoms with van der Waals surface area (Å²) in [4.78, 5) is 0. The van der Waals surface area contributed by atoms with Gasteiger partial charge in [0.15, 0.2) is 0 Å². The lowest BCUT2D eigenvalue weighted by molar-refractivity contribution is -0.0170. The largest absolute Gasteiger partial charge is 0.393 e. The summed E-state index contributed by atoms with van der Waals surface area (Å²) in [5.74, 6) is 1.03. The lowest BCUT2D eigenvalue weighted by Gasteiger charge is -2.43. The number of aliphatic hydroxyl groups excluding tert-OH is 2. The minimum atomic E-state index is -0.809. The zero-order valence-electron chi connectivity index (χ0n) is 18.5. The van der Waals surface area contributed by atoms with Gasteiger partial charge in [-0.3, -0.25) is 0 Å². The van der Waals surface area contributed by atoms with Crippen LogP contribution in [-0.4, -0.2) is 46.3 Å². The molecule has 164 valence electrons. The van der Waals surface area contributed by atoms with Crippen molar-refractivity contribution in [3.8, 4) is 0 Å². The highest BCUT2D eigenvalue weighted by Crippen LogP contribution is 2.59. The lowest BCUT2D eigenvalue weighted by Crippen LogP contribution is -2.35. The van der Waals surface area contributed by atoms with Crippen molar-refractivity contribution in [3.05, 3.63) is 35.5 Å². The van der Waals surface area contributed by atoms with Gasteiger partial charge in [0.05, 0.1) is 31.0 Å². The van der Waals surface area contributed by atoms with Gasteiger partial charge in [-0.2, -0.15) is 0 Å². The molecule has 0 aromatic heterocycles. The molecule has 0 heterocycles. The van der Waals surface area contributed by atoms with Crippen LogP contribution in [0.4, 0.5) is 0 Å². The third kappa shape index (κ3) is 5.61. The summed E-state index contributed by atoms with van der Waals surface area (Å²) in [5, 5.41) is 29.7. The summed E-state index contributed by atoms with van der Waals surface area (Å²) in [7, 11) is 0. The number of hydrogen-bond acceptors (Lipinski definition) is 4. The van der Waals surface area contributed by atoms with E-state index in [0.29, 0.717) is 44.3 Å². The molecule has 0 spiro atoms. The summed E-state index contributed by atoms with van der Waals surface area (Å²) >= 11 is 0. The first-order valence-electron chi connectivity index (χ1n) is 11.3. The van der Waals surface area contributed by atoms with Gasteiger partial charge in [0.25, 0.3) is 0 Å². The molecule has 5 atom stereocenters. The molecule has 0 aromatic rings. The fourth-order valence-corrected chi connectivity index (χ4v) is 5.97. The molecule has 0 aliphatic heterocycles. The average molecular weight is 405 g/mol. The third-order valence-electron chi connectivity index (χ3n) is 7.27. The number of hydrogen-bond donors (Lipinski definition) is 3. The summed E-state index contributed by atoms with van der Waals surface area (Å²) in [5.41, 5.74) is 3.26. The van der Waals surface area contributed by atoms with Crippen LogP contribution in [0.1, 0.15) is 72.1 Å². The molecule has 0 saturated heterocycles. The topological polar surface area (TPSA) is 69.9 Å². The maximum Gasteiger partial charge on any atom is 0.0824 e. The monoisotopic (exact) mass is 404 g/mol. The van der Waals surface area contributed by atoms with Crippen molar-refractivity contribution >= 4 is 0 Å². The van der Waals surface area contributed by atoms with Gasteiger partial charge in [-0.25, -0.2) is 0 Å². The molecule has 0 radical (unpaired) electrons. The van der Waals surface area contributed by atoms with E-state index in [0.717, 1.165) is 24.0 Å². The molecule has 29 heavy (non-hydrogen) atoms. The standard InChI is InChI=1S/C25H40O4/c1-17(15-29-16-24(2,3)28)22-9-10-23-19(6-5-11-25(22,23)4)8-7-18-12-20(26)14-21(27)13-18/h7-8,20-23,26-28H,1,5-6,9-16H2,2-4H3/t20-,21-,22-,23+,25-/m1/s1. The van der Waals surface area contributed by atoms with Crippen molar-refractivity contribution in [1.29, 1.82) is 0 Å². The van der Waals surface area contributed by atoms with E-state index in [9.17, 15) is 15.3 Å². The number of ether oxygens (including phenoxy) is 1. The Hall–Kier alpha value is -0.940. The molecule has 0 aromatic carbocycles. The van der Waals surface area contributed by atoms with Crippen LogP contribution in [0.2, 0.25) is 0 Å². The Labute approximate surface area is 176 Å². The number of allylic oxidation sites excluding steroid dienone is 3. The van der Waals surface area contributed by atoms with E-state index in [1.54, 1.807) is 13.8 Å². The summed E-state index contributed by atoms with van der Waals surface area (Å²) in [6.07, 6.45) is 11.4. The van der Waals surface area contributed by atoms with Gasteiger partial charge in [0, 0.05) is 0 Å². The molecular formula is C25H40O4. The molecule has 4 nitrogen and oxygen atoms in total. The first kappa shape index (κ1) is 22.7. The van der Waals surface area contributed by atoms with Gasteiger partial charge in [0.1, 0.15) is 0 Å². The summed E-state index contributed by atoms with van der Waals surface area (Å²) in [6.45, 7) is 11.2. The van der Waals surface area contributed by atoms with E-state index in [-0.39, 0.29) is 5.41 Å². The molecule has 3 saturated carbocycles. The third-order valence-corrected chi connectivity index (χ3v) is 7.27. The van der Waals surface area contributed by atoms with Crippen LogP contribution >= 0.6 is 0 Å². The molecule has 0 amide bonds. The normalized spacial score (nSPS) is 36.9. The Morgan fingerprint density at radius 3 is 2.55 bits per heavy atom. The smallest absolute Gasteiger partial charge is 0.0824 e. The van der Waals surface area contributed by atoms with Crippen LogP contribution in [0, 0.1) is 17.3 Å². The van der Waals surface area contributed by atoms with Crippen LogP contribution in [-0.2, 0) is 4.74 Å². The Kier molecular flexibility index (Phi) is 7.10. The van der Waals surface area contributed by atoms with Crippen LogP contribution in [0.15, 0.2) is 35.5 Å². The van der Waals surface area contributed by atoms with Gasteiger partial charge in [-0.1, -0.05) is 36.8 Å². The highest BCUT2D eigenvalue weighted by atomic mass is 16.5. The molecule has 3 rings (SSSR count). The van der Waals surface area contributed by atoms with Crippen LogP contribution in [0.5, 0.6) is 0 Å². The van der Waals surface area contributed by atoms with Gasteiger partial charge in [-0.05, 0) is 88.0 Å².